The fourth-order valence-electron chi connectivity index (χ4n) is 7.55. The number of anilines is 2. The van der Waals surface area contributed by atoms with Crippen molar-refractivity contribution in [3.8, 4) is 0 Å². The van der Waals surface area contributed by atoms with Gasteiger partial charge in [0.25, 0.3) is 0 Å². The summed E-state index contributed by atoms with van der Waals surface area (Å²) in [6.45, 7) is 9.60. The van der Waals surface area contributed by atoms with Gasteiger partial charge >= 0.3 is 0 Å². The minimum atomic E-state index is 0.0399. The Hall–Kier alpha value is -3.58. The summed E-state index contributed by atoms with van der Waals surface area (Å²) in [5, 5.41) is 0. The molecule has 0 fully saturated rings. The average molecular weight is 482 g/mol. The molecule has 37 heavy (non-hydrogen) atoms. The molecule has 0 amide bonds. The number of para-hydroxylation sites is 1. The number of allylic oxidation sites excluding steroid dienone is 7. The normalized spacial score (nSPS) is 23.7. The van der Waals surface area contributed by atoms with Crippen LogP contribution in [-0.2, 0) is 10.8 Å². The summed E-state index contributed by atoms with van der Waals surface area (Å²) in [6.07, 6.45) is 14.0. The van der Waals surface area contributed by atoms with Crippen LogP contribution in [0.1, 0.15) is 74.6 Å². The summed E-state index contributed by atoms with van der Waals surface area (Å²) in [5.41, 5.74) is 12.9. The van der Waals surface area contributed by atoms with E-state index in [2.05, 4.69) is 136 Å². The number of nitrogens with zero attached hydrogens (tertiary/aromatic N) is 1. The van der Waals surface area contributed by atoms with Crippen molar-refractivity contribution >= 4 is 11.4 Å². The van der Waals surface area contributed by atoms with Crippen LogP contribution in [0.15, 0.2) is 120 Å². The van der Waals surface area contributed by atoms with Gasteiger partial charge in [-0.1, -0.05) is 112 Å². The summed E-state index contributed by atoms with van der Waals surface area (Å²) in [7, 11) is 0. The van der Waals surface area contributed by atoms with Crippen LogP contribution in [0.3, 0.4) is 0 Å². The lowest BCUT2D eigenvalue weighted by Crippen LogP contribution is -2.23. The summed E-state index contributed by atoms with van der Waals surface area (Å²) in [4.78, 5) is 2.48. The maximum atomic E-state index is 2.49. The highest BCUT2D eigenvalue weighted by atomic mass is 15.1. The maximum absolute atomic E-state index is 2.49. The molecule has 4 aliphatic rings. The Kier molecular flexibility index (Phi) is 4.86. The van der Waals surface area contributed by atoms with Gasteiger partial charge in [0.15, 0.2) is 0 Å². The smallest absolute Gasteiger partial charge is 0.0464 e. The zero-order chi connectivity index (χ0) is 25.4. The molecule has 0 aromatic heterocycles. The van der Waals surface area contributed by atoms with E-state index in [0.29, 0.717) is 11.8 Å². The number of hydrogen-bond acceptors (Lipinski definition) is 1. The number of rotatable bonds is 3. The summed E-state index contributed by atoms with van der Waals surface area (Å²) < 4.78 is 0. The number of fused-ring (bicyclic) bond motifs is 6. The van der Waals surface area contributed by atoms with Crippen molar-refractivity contribution in [2.45, 2.75) is 63.2 Å². The zero-order valence-electron chi connectivity index (χ0n) is 22.3. The summed E-state index contributed by atoms with van der Waals surface area (Å²) in [6, 6.07) is 27.2. The molecular formula is C36H35N. The van der Waals surface area contributed by atoms with Gasteiger partial charge in [-0.2, -0.15) is 0 Å². The van der Waals surface area contributed by atoms with Crippen LogP contribution in [0, 0.1) is 0 Å². The number of benzene rings is 3. The van der Waals surface area contributed by atoms with E-state index >= 15 is 0 Å². The molecule has 0 saturated heterocycles. The van der Waals surface area contributed by atoms with Crippen LogP contribution in [-0.4, -0.2) is 0 Å². The van der Waals surface area contributed by atoms with Crippen molar-refractivity contribution in [3.05, 3.63) is 142 Å². The van der Waals surface area contributed by atoms with Gasteiger partial charge in [0.05, 0.1) is 0 Å². The van der Waals surface area contributed by atoms with Crippen molar-refractivity contribution < 1.29 is 0 Å². The van der Waals surface area contributed by atoms with Gasteiger partial charge in [-0.25, -0.2) is 0 Å². The standard InChI is InChI=1S/C36H35N/c1-35(2)31-16-10-8-14-27(31)29-20-18-25(22-33(29)35)37(24-12-6-5-7-13-24)26-19-21-30-28-15-9-11-17-32(28)36(3,4)34(30)23-26/h5-14,16-19,21-23,28-29H,15,20H2,1-4H3. The Morgan fingerprint density at radius 2 is 1.38 bits per heavy atom. The molecule has 3 aromatic rings. The van der Waals surface area contributed by atoms with E-state index < -0.39 is 0 Å². The van der Waals surface area contributed by atoms with E-state index in [-0.39, 0.29) is 10.8 Å². The molecular weight excluding hydrogens is 446 g/mol. The zero-order valence-corrected chi connectivity index (χ0v) is 22.3. The Labute approximate surface area is 221 Å². The Morgan fingerprint density at radius 3 is 2.22 bits per heavy atom. The monoisotopic (exact) mass is 481 g/mol. The molecule has 184 valence electrons. The quantitative estimate of drug-likeness (QED) is 0.360. The Morgan fingerprint density at radius 1 is 0.676 bits per heavy atom. The minimum Gasteiger partial charge on any atom is -0.311 e. The predicted molar refractivity (Wildman–Crippen MR) is 156 cm³/mol. The lowest BCUT2D eigenvalue weighted by molar-refractivity contribution is 0.609. The van der Waals surface area contributed by atoms with Crippen LogP contribution < -0.4 is 4.90 Å². The second kappa shape index (κ2) is 7.96. The van der Waals surface area contributed by atoms with Crippen LogP contribution in [0.2, 0.25) is 0 Å². The first kappa shape index (κ1) is 22.6. The molecule has 2 atom stereocenters. The van der Waals surface area contributed by atoms with Crippen molar-refractivity contribution in [2.75, 3.05) is 4.90 Å². The third-order valence-electron chi connectivity index (χ3n) is 9.47. The van der Waals surface area contributed by atoms with E-state index in [1.54, 1.807) is 5.57 Å². The minimum absolute atomic E-state index is 0.0399. The Bertz CT molecular complexity index is 1530. The highest BCUT2D eigenvalue weighted by Gasteiger charge is 2.44. The SMILES string of the molecule is CC1(C)C2=CC(N(c3ccccc3)c3ccc4c(c3)C(C)(C)C3=CC=CCC34)=CCC2c2ccccc21. The predicted octanol–water partition coefficient (Wildman–Crippen LogP) is 9.37. The van der Waals surface area contributed by atoms with E-state index in [4.69, 9.17) is 0 Å². The van der Waals surface area contributed by atoms with Gasteiger partial charge in [0, 0.05) is 39.7 Å². The second-order valence-corrected chi connectivity index (χ2v) is 12.1. The summed E-state index contributed by atoms with van der Waals surface area (Å²) in [5.74, 6) is 0.998. The van der Waals surface area contributed by atoms with E-state index in [1.165, 1.54) is 44.9 Å². The first-order valence-corrected chi connectivity index (χ1v) is 13.8. The first-order valence-electron chi connectivity index (χ1n) is 13.8. The maximum Gasteiger partial charge on any atom is 0.0464 e. The largest absolute Gasteiger partial charge is 0.311 e. The topological polar surface area (TPSA) is 3.24 Å². The van der Waals surface area contributed by atoms with Gasteiger partial charge < -0.3 is 4.90 Å². The molecule has 1 nitrogen and oxygen atoms in total. The number of hydrogen-bond donors (Lipinski definition) is 0. The van der Waals surface area contributed by atoms with Crippen molar-refractivity contribution in [2.24, 2.45) is 0 Å². The van der Waals surface area contributed by atoms with Crippen LogP contribution >= 0.6 is 0 Å². The molecule has 2 unspecified atom stereocenters. The van der Waals surface area contributed by atoms with Crippen molar-refractivity contribution in [1.82, 2.24) is 0 Å². The Balaban J connectivity index is 1.36. The van der Waals surface area contributed by atoms with Gasteiger partial charge in [-0.05, 0) is 65.4 Å². The molecule has 0 bridgehead atoms. The highest BCUT2D eigenvalue weighted by Crippen LogP contribution is 2.56. The molecule has 1 heteroatoms. The molecule has 0 saturated carbocycles. The van der Waals surface area contributed by atoms with Crippen LogP contribution in [0.4, 0.5) is 11.4 Å². The third-order valence-corrected chi connectivity index (χ3v) is 9.47. The molecule has 4 aliphatic carbocycles. The lowest BCUT2D eigenvalue weighted by Gasteiger charge is -2.33. The van der Waals surface area contributed by atoms with Gasteiger partial charge in [0.1, 0.15) is 0 Å². The van der Waals surface area contributed by atoms with Crippen LogP contribution in [0.5, 0.6) is 0 Å². The van der Waals surface area contributed by atoms with Crippen molar-refractivity contribution in [3.63, 3.8) is 0 Å². The first-order chi connectivity index (χ1) is 17.9. The molecule has 0 radical (unpaired) electrons. The van der Waals surface area contributed by atoms with E-state index in [0.717, 1.165) is 12.8 Å². The highest BCUT2D eigenvalue weighted by molar-refractivity contribution is 5.74. The second-order valence-electron chi connectivity index (χ2n) is 12.1. The summed E-state index contributed by atoms with van der Waals surface area (Å²) >= 11 is 0. The van der Waals surface area contributed by atoms with Gasteiger partial charge in [-0.15, -0.1) is 0 Å². The van der Waals surface area contributed by atoms with Crippen LogP contribution in [0.25, 0.3) is 0 Å². The molecule has 0 heterocycles. The molecule has 7 rings (SSSR count). The van der Waals surface area contributed by atoms with E-state index in [9.17, 15) is 0 Å². The van der Waals surface area contributed by atoms with Crippen molar-refractivity contribution in [1.29, 1.82) is 0 Å². The fraction of sp³-hybridized carbons (Fsp3) is 0.278. The van der Waals surface area contributed by atoms with Gasteiger partial charge in [0.2, 0.25) is 0 Å². The molecule has 0 spiro atoms. The lowest BCUT2D eigenvalue weighted by atomic mass is 9.78. The fourth-order valence-corrected chi connectivity index (χ4v) is 7.55. The third kappa shape index (κ3) is 3.23. The van der Waals surface area contributed by atoms with Gasteiger partial charge in [-0.3, -0.25) is 0 Å². The molecule has 0 N–H and O–H groups in total. The average Bonchev–Trinajstić information content (AvgIpc) is 3.29. The molecule has 0 aliphatic heterocycles. The molecule has 3 aromatic carbocycles. The van der Waals surface area contributed by atoms with E-state index in [1.807, 2.05) is 0 Å².